The van der Waals surface area contributed by atoms with Crippen LogP contribution < -0.4 is 5.32 Å². The zero-order valence-electron chi connectivity index (χ0n) is 14.6. The molecule has 19 heavy (non-hydrogen) atoms. The van der Waals surface area contributed by atoms with E-state index >= 15 is 0 Å². The van der Waals surface area contributed by atoms with Crippen molar-refractivity contribution < 1.29 is 0 Å². The second-order valence-electron chi connectivity index (χ2n) is 8.03. The molecular weight excluding hydrogens is 230 g/mol. The lowest BCUT2D eigenvalue weighted by Crippen LogP contribution is -2.65. The molecule has 1 fully saturated rings. The van der Waals surface area contributed by atoms with Crippen molar-refractivity contribution in [2.45, 2.75) is 92.2 Å². The molecule has 0 amide bonds. The summed E-state index contributed by atoms with van der Waals surface area (Å²) in [5.41, 5.74) is 0.621. The molecule has 1 aliphatic rings. The van der Waals surface area contributed by atoms with E-state index in [4.69, 9.17) is 0 Å². The first kappa shape index (κ1) is 17.0. The molecule has 0 aromatic heterocycles. The Morgan fingerprint density at radius 2 is 0.842 bits per heavy atom. The highest BCUT2D eigenvalue weighted by Gasteiger charge is 2.48. The summed E-state index contributed by atoms with van der Waals surface area (Å²) in [6, 6.07) is 0. The van der Waals surface area contributed by atoms with Gasteiger partial charge in [-0.3, -0.25) is 0 Å². The van der Waals surface area contributed by atoms with E-state index in [-0.39, 0.29) is 0 Å². The molecule has 1 N–H and O–H groups in total. The smallest absolute Gasteiger partial charge is 0.0232 e. The third kappa shape index (κ3) is 3.01. The minimum Gasteiger partial charge on any atom is -0.305 e. The molecule has 0 aliphatic carbocycles. The maximum Gasteiger partial charge on any atom is 0.0232 e. The van der Waals surface area contributed by atoms with E-state index in [2.05, 4.69) is 60.7 Å². The summed E-state index contributed by atoms with van der Waals surface area (Å²) in [4.78, 5) is 0. The maximum absolute atomic E-state index is 4.24. The van der Waals surface area contributed by atoms with Crippen LogP contribution in [0, 0.1) is 23.7 Å². The number of hydrogen-bond donors (Lipinski definition) is 1. The van der Waals surface area contributed by atoms with Crippen molar-refractivity contribution in [3.63, 3.8) is 0 Å². The Balaban J connectivity index is 3.22. The fraction of sp³-hybridized carbons (Fsp3) is 1.00. The van der Waals surface area contributed by atoms with E-state index in [1.807, 2.05) is 0 Å². The summed E-state index contributed by atoms with van der Waals surface area (Å²) in [6.45, 7) is 19.3. The highest BCUT2D eigenvalue weighted by atomic mass is 15.1. The van der Waals surface area contributed by atoms with Gasteiger partial charge in [0, 0.05) is 11.1 Å². The topological polar surface area (TPSA) is 12.0 Å². The van der Waals surface area contributed by atoms with Gasteiger partial charge in [0.1, 0.15) is 0 Å². The molecular formula is C18H37N. The molecule has 1 nitrogen and oxygen atoms in total. The van der Waals surface area contributed by atoms with Crippen LogP contribution in [0.5, 0.6) is 0 Å². The predicted molar refractivity (Wildman–Crippen MR) is 86.4 cm³/mol. The Morgan fingerprint density at radius 1 is 0.579 bits per heavy atom. The summed E-state index contributed by atoms with van der Waals surface area (Å²) >= 11 is 0. The molecule has 0 radical (unpaired) electrons. The van der Waals surface area contributed by atoms with Gasteiger partial charge in [-0.1, -0.05) is 68.2 Å². The van der Waals surface area contributed by atoms with Crippen molar-refractivity contribution >= 4 is 0 Å². The number of rotatable bonds is 4. The van der Waals surface area contributed by atoms with Crippen LogP contribution in [-0.4, -0.2) is 11.1 Å². The average Bonchev–Trinajstić information content (AvgIpc) is 2.49. The molecule has 0 saturated carbocycles. The van der Waals surface area contributed by atoms with Crippen LogP contribution in [0.25, 0.3) is 0 Å². The van der Waals surface area contributed by atoms with E-state index in [0.29, 0.717) is 34.7 Å². The maximum atomic E-state index is 4.24. The molecule has 114 valence electrons. The molecule has 1 saturated heterocycles. The molecule has 1 heteroatoms. The lowest BCUT2D eigenvalue weighted by atomic mass is 9.69. The minimum atomic E-state index is 0.311. The Morgan fingerprint density at radius 3 is 1.05 bits per heavy atom. The predicted octanol–water partition coefficient (Wildman–Crippen LogP) is 5.25. The van der Waals surface area contributed by atoms with Crippen LogP contribution in [0.2, 0.25) is 0 Å². The molecule has 0 aromatic carbocycles. The van der Waals surface area contributed by atoms with Crippen LogP contribution in [-0.2, 0) is 0 Å². The minimum absolute atomic E-state index is 0.311. The Kier molecular flexibility index (Phi) is 5.52. The first-order valence-electron chi connectivity index (χ1n) is 8.48. The number of nitrogens with one attached hydrogen (secondary N) is 1. The SMILES string of the molecule is CC(C)C1(C(C)C)CCCCC(C(C)C)(C(C)C)N1. The van der Waals surface area contributed by atoms with Gasteiger partial charge in [0.05, 0.1) is 0 Å². The lowest BCUT2D eigenvalue weighted by Gasteiger charge is -2.52. The zero-order valence-corrected chi connectivity index (χ0v) is 14.6. The summed E-state index contributed by atoms with van der Waals surface area (Å²) < 4.78 is 0. The van der Waals surface area contributed by atoms with Gasteiger partial charge < -0.3 is 5.32 Å². The van der Waals surface area contributed by atoms with Crippen molar-refractivity contribution in [2.75, 3.05) is 0 Å². The second-order valence-corrected chi connectivity index (χ2v) is 8.03. The van der Waals surface area contributed by atoms with Gasteiger partial charge >= 0.3 is 0 Å². The average molecular weight is 268 g/mol. The molecule has 0 spiro atoms. The van der Waals surface area contributed by atoms with Gasteiger partial charge in [-0.15, -0.1) is 0 Å². The van der Waals surface area contributed by atoms with Crippen molar-refractivity contribution in [2.24, 2.45) is 23.7 Å². The summed E-state index contributed by atoms with van der Waals surface area (Å²) in [7, 11) is 0. The lowest BCUT2D eigenvalue weighted by molar-refractivity contribution is 0.0518. The fourth-order valence-electron chi connectivity index (χ4n) is 4.46. The summed E-state index contributed by atoms with van der Waals surface area (Å²) in [5.74, 6) is 2.79. The Hall–Kier alpha value is -0.0400. The fourth-order valence-corrected chi connectivity index (χ4v) is 4.46. The van der Waals surface area contributed by atoms with Gasteiger partial charge in [-0.05, 0) is 36.5 Å². The van der Waals surface area contributed by atoms with Crippen molar-refractivity contribution in [1.29, 1.82) is 0 Å². The molecule has 1 rings (SSSR count). The standard InChI is InChI=1S/C18H37N/c1-13(2)17(14(3)4)11-9-10-12-18(19-17,15(5)6)16(7)8/h13-16,19H,9-12H2,1-8H3. The van der Waals surface area contributed by atoms with Crippen LogP contribution in [0.4, 0.5) is 0 Å². The largest absolute Gasteiger partial charge is 0.305 e. The first-order valence-corrected chi connectivity index (χ1v) is 8.48. The summed E-state index contributed by atoms with van der Waals surface area (Å²) in [6.07, 6.45) is 5.43. The molecule has 0 bridgehead atoms. The van der Waals surface area contributed by atoms with E-state index in [1.165, 1.54) is 25.7 Å². The quantitative estimate of drug-likeness (QED) is 0.733. The number of hydrogen-bond acceptors (Lipinski definition) is 1. The van der Waals surface area contributed by atoms with E-state index in [9.17, 15) is 0 Å². The molecule has 0 atom stereocenters. The van der Waals surface area contributed by atoms with Gasteiger partial charge in [0.25, 0.3) is 0 Å². The molecule has 1 aliphatic heterocycles. The van der Waals surface area contributed by atoms with Crippen molar-refractivity contribution in [3.05, 3.63) is 0 Å². The van der Waals surface area contributed by atoms with Gasteiger partial charge in [-0.25, -0.2) is 0 Å². The molecule has 0 aromatic rings. The van der Waals surface area contributed by atoms with Gasteiger partial charge in [0.2, 0.25) is 0 Å². The highest BCUT2D eigenvalue weighted by molar-refractivity contribution is 5.06. The van der Waals surface area contributed by atoms with Gasteiger partial charge in [0.15, 0.2) is 0 Å². The summed E-state index contributed by atoms with van der Waals surface area (Å²) in [5, 5.41) is 4.24. The normalized spacial score (nSPS) is 23.4. The van der Waals surface area contributed by atoms with Crippen LogP contribution in [0.1, 0.15) is 81.1 Å². The molecule has 1 heterocycles. The van der Waals surface area contributed by atoms with Crippen LogP contribution >= 0.6 is 0 Å². The Bertz CT molecular complexity index is 231. The van der Waals surface area contributed by atoms with Crippen LogP contribution in [0.15, 0.2) is 0 Å². The van der Waals surface area contributed by atoms with Crippen molar-refractivity contribution in [1.82, 2.24) is 5.32 Å². The third-order valence-corrected chi connectivity index (χ3v) is 6.02. The third-order valence-electron chi connectivity index (χ3n) is 6.02. The van der Waals surface area contributed by atoms with Crippen LogP contribution in [0.3, 0.4) is 0 Å². The first-order chi connectivity index (χ1) is 8.69. The van der Waals surface area contributed by atoms with Crippen molar-refractivity contribution in [3.8, 4) is 0 Å². The van der Waals surface area contributed by atoms with Gasteiger partial charge in [-0.2, -0.15) is 0 Å². The monoisotopic (exact) mass is 267 g/mol. The Labute approximate surface area is 121 Å². The van der Waals surface area contributed by atoms with E-state index in [1.54, 1.807) is 0 Å². The zero-order chi connectivity index (χ0) is 14.8. The molecule has 0 unspecified atom stereocenters. The van der Waals surface area contributed by atoms with E-state index in [0.717, 1.165) is 0 Å². The second kappa shape index (κ2) is 6.16. The van der Waals surface area contributed by atoms with E-state index < -0.39 is 0 Å². The highest BCUT2D eigenvalue weighted by Crippen LogP contribution is 2.43.